The van der Waals surface area contributed by atoms with Crippen LogP contribution in [0.1, 0.15) is 73.0 Å². The number of carboxylic acids is 1. The SMILES string of the molecule is CCCC(=O)C(C)(C)c1ccc(N2C(=O)C(F)CC2CCCc2ccc(C(=O)O)s2)cc1. The van der Waals surface area contributed by atoms with E-state index in [1.807, 2.05) is 39.0 Å². The summed E-state index contributed by atoms with van der Waals surface area (Å²) in [4.78, 5) is 38.9. The van der Waals surface area contributed by atoms with E-state index in [4.69, 9.17) is 5.11 Å². The maximum absolute atomic E-state index is 14.3. The van der Waals surface area contributed by atoms with Gasteiger partial charge < -0.3 is 10.0 Å². The molecule has 1 N–H and O–H groups in total. The molecule has 7 heteroatoms. The zero-order valence-electron chi connectivity index (χ0n) is 18.8. The van der Waals surface area contributed by atoms with Crippen molar-refractivity contribution in [3.05, 3.63) is 51.7 Å². The molecule has 0 bridgehead atoms. The third kappa shape index (κ3) is 5.09. The summed E-state index contributed by atoms with van der Waals surface area (Å²) in [5, 5.41) is 9.05. The number of nitrogens with zero attached hydrogens (tertiary/aromatic N) is 1. The Bertz CT molecular complexity index is 982. The first-order chi connectivity index (χ1) is 15.1. The average molecular weight is 460 g/mol. The van der Waals surface area contributed by atoms with Crippen LogP contribution in [0.3, 0.4) is 0 Å². The standard InChI is InChI=1S/C25H30FNO4S/c1-4-6-22(28)25(2,3)16-9-11-17(12-10-16)27-18(15-20(26)23(27)29)7-5-8-19-13-14-21(32-19)24(30)31/h9-14,18,20H,4-8,15H2,1-3H3,(H,30,31). The minimum absolute atomic E-state index is 0.159. The number of carbonyl (C=O) groups excluding carboxylic acids is 2. The first-order valence-electron chi connectivity index (χ1n) is 11.1. The van der Waals surface area contributed by atoms with E-state index in [9.17, 15) is 18.8 Å². The van der Waals surface area contributed by atoms with Gasteiger partial charge in [-0.15, -0.1) is 11.3 Å². The highest BCUT2D eigenvalue weighted by Crippen LogP contribution is 2.34. The first-order valence-corrected chi connectivity index (χ1v) is 11.9. The van der Waals surface area contributed by atoms with E-state index >= 15 is 0 Å². The van der Waals surface area contributed by atoms with Crippen molar-refractivity contribution < 1.29 is 23.9 Å². The number of Topliss-reactive ketones (excluding diaryl/α,β-unsaturated/α-hetero) is 1. The van der Waals surface area contributed by atoms with Crippen LogP contribution in [0.2, 0.25) is 0 Å². The second-order valence-electron chi connectivity index (χ2n) is 8.87. The number of aryl methyl sites for hydroxylation is 1. The Hall–Kier alpha value is -2.54. The van der Waals surface area contributed by atoms with Crippen LogP contribution < -0.4 is 4.90 Å². The fourth-order valence-corrected chi connectivity index (χ4v) is 5.13. The van der Waals surface area contributed by atoms with Gasteiger partial charge in [0, 0.05) is 34.9 Å². The number of anilines is 1. The molecule has 1 aromatic heterocycles. The number of amides is 1. The Morgan fingerprint density at radius 3 is 2.47 bits per heavy atom. The Morgan fingerprint density at radius 1 is 1.19 bits per heavy atom. The molecule has 32 heavy (non-hydrogen) atoms. The fraction of sp³-hybridized carbons (Fsp3) is 0.480. The number of hydrogen-bond acceptors (Lipinski definition) is 4. The highest BCUT2D eigenvalue weighted by molar-refractivity contribution is 7.13. The predicted octanol–water partition coefficient (Wildman–Crippen LogP) is 5.56. The van der Waals surface area contributed by atoms with Crippen molar-refractivity contribution in [3.8, 4) is 0 Å². The molecule has 2 unspecified atom stereocenters. The van der Waals surface area contributed by atoms with Gasteiger partial charge in [-0.3, -0.25) is 9.59 Å². The number of thiophene rings is 1. The molecule has 1 aliphatic heterocycles. The van der Waals surface area contributed by atoms with Gasteiger partial charge in [-0.25, -0.2) is 9.18 Å². The van der Waals surface area contributed by atoms with Gasteiger partial charge in [-0.1, -0.05) is 19.1 Å². The van der Waals surface area contributed by atoms with Crippen molar-refractivity contribution in [2.45, 2.75) is 76.9 Å². The molecular formula is C25H30FNO4S. The van der Waals surface area contributed by atoms with Crippen molar-refractivity contribution in [2.75, 3.05) is 4.90 Å². The molecule has 1 fully saturated rings. The number of carboxylic acid groups (broad SMARTS) is 1. The van der Waals surface area contributed by atoms with Crippen molar-refractivity contribution in [1.82, 2.24) is 0 Å². The largest absolute Gasteiger partial charge is 0.477 e. The lowest BCUT2D eigenvalue weighted by molar-refractivity contribution is -0.123. The molecule has 1 aliphatic rings. The molecule has 0 saturated carbocycles. The van der Waals surface area contributed by atoms with Crippen LogP contribution in [-0.2, 0) is 21.4 Å². The molecule has 0 spiro atoms. The van der Waals surface area contributed by atoms with E-state index in [2.05, 4.69) is 0 Å². The normalized spacial score (nSPS) is 18.9. The molecule has 5 nitrogen and oxygen atoms in total. The lowest BCUT2D eigenvalue weighted by atomic mass is 9.79. The van der Waals surface area contributed by atoms with Crippen LogP contribution in [0.15, 0.2) is 36.4 Å². The molecular weight excluding hydrogens is 429 g/mol. The first kappa shape index (κ1) is 24.1. The number of ketones is 1. The Balaban J connectivity index is 1.69. The third-order valence-corrected chi connectivity index (χ3v) is 7.36. The van der Waals surface area contributed by atoms with Crippen molar-refractivity contribution >= 4 is 34.7 Å². The summed E-state index contributed by atoms with van der Waals surface area (Å²) < 4.78 is 14.3. The predicted molar refractivity (Wildman–Crippen MR) is 124 cm³/mol. The number of hydrogen-bond donors (Lipinski definition) is 1. The van der Waals surface area contributed by atoms with E-state index < -0.39 is 23.5 Å². The lowest BCUT2D eigenvalue weighted by Crippen LogP contribution is -2.34. The molecule has 1 aromatic carbocycles. The number of carbonyl (C=O) groups is 3. The smallest absolute Gasteiger partial charge is 0.345 e. The van der Waals surface area contributed by atoms with Gasteiger partial charge in [0.15, 0.2) is 6.17 Å². The number of aromatic carboxylic acids is 1. The maximum atomic E-state index is 14.3. The summed E-state index contributed by atoms with van der Waals surface area (Å²) in [5.41, 5.74) is 0.916. The van der Waals surface area contributed by atoms with Crippen molar-refractivity contribution in [2.24, 2.45) is 0 Å². The lowest BCUT2D eigenvalue weighted by Gasteiger charge is -2.27. The molecule has 172 valence electrons. The fourth-order valence-electron chi connectivity index (χ4n) is 4.24. The minimum Gasteiger partial charge on any atom is -0.477 e. The summed E-state index contributed by atoms with van der Waals surface area (Å²) in [7, 11) is 0. The van der Waals surface area contributed by atoms with Crippen LogP contribution in [0, 0.1) is 0 Å². The monoisotopic (exact) mass is 459 g/mol. The van der Waals surface area contributed by atoms with Crippen LogP contribution in [0.5, 0.6) is 0 Å². The summed E-state index contributed by atoms with van der Waals surface area (Å²) >= 11 is 1.25. The zero-order chi connectivity index (χ0) is 23.5. The van der Waals surface area contributed by atoms with Crippen LogP contribution in [-0.4, -0.2) is 35.0 Å². The molecule has 2 heterocycles. The van der Waals surface area contributed by atoms with Crippen molar-refractivity contribution in [1.29, 1.82) is 0 Å². The van der Waals surface area contributed by atoms with E-state index in [1.54, 1.807) is 23.1 Å². The van der Waals surface area contributed by atoms with E-state index in [0.717, 1.165) is 23.3 Å². The number of halogens is 1. The Kier molecular flexibility index (Phi) is 7.49. The summed E-state index contributed by atoms with van der Waals surface area (Å²) in [5.74, 6) is -1.28. The summed E-state index contributed by atoms with van der Waals surface area (Å²) in [6.45, 7) is 5.79. The van der Waals surface area contributed by atoms with Gasteiger partial charge in [0.2, 0.25) is 0 Å². The number of alkyl halides is 1. The average Bonchev–Trinajstić information content (AvgIpc) is 3.33. The topological polar surface area (TPSA) is 74.7 Å². The zero-order valence-corrected chi connectivity index (χ0v) is 19.6. The Labute approximate surface area is 192 Å². The maximum Gasteiger partial charge on any atom is 0.345 e. The Morgan fingerprint density at radius 2 is 1.88 bits per heavy atom. The van der Waals surface area contributed by atoms with E-state index in [1.165, 1.54) is 11.3 Å². The van der Waals surface area contributed by atoms with Crippen molar-refractivity contribution in [3.63, 3.8) is 0 Å². The summed E-state index contributed by atoms with van der Waals surface area (Å²) in [6.07, 6.45) is 2.02. The molecule has 2 atom stereocenters. The van der Waals surface area contributed by atoms with Gasteiger partial charge in [-0.2, -0.15) is 0 Å². The quantitative estimate of drug-likeness (QED) is 0.505. The second-order valence-corrected chi connectivity index (χ2v) is 10.0. The molecule has 1 saturated heterocycles. The van der Waals surface area contributed by atoms with Gasteiger partial charge in [0.25, 0.3) is 5.91 Å². The van der Waals surface area contributed by atoms with Crippen LogP contribution in [0.4, 0.5) is 10.1 Å². The number of rotatable bonds is 10. The minimum atomic E-state index is -1.51. The van der Waals surface area contributed by atoms with Crippen LogP contribution >= 0.6 is 11.3 Å². The number of benzene rings is 1. The van der Waals surface area contributed by atoms with Gasteiger partial charge in [-0.05, 0) is 69.4 Å². The highest BCUT2D eigenvalue weighted by Gasteiger charge is 2.40. The highest BCUT2D eigenvalue weighted by atomic mass is 32.1. The molecule has 2 aromatic rings. The van der Waals surface area contributed by atoms with E-state index in [-0.39, 0.29) is 18.2 Å². The van der Waals surface area contributed by atoms with Gasteiger partial charge >= 0.3 is 5.97 Å². The second kappa shape index (κ2) is 9.94. The molecule has 3 rings (SSSR count). The molecule has 1 amide bonds. The third-order valence-electron chi connectivity index (χ3n) is 6.22. The molecule has 0 aliphatic carbocycles. The van der Waals surface area contributed by atoms with E-state index in [0.29, 0.717) is 29.8 Å². The van der Waals surface area contributed by atoms with Gasteiger partial charge in [0.05, 0.1) is 0 Å². The van der Waals surface area contributed by atoms with Gasteiger partial charge in [0.1, 0.15) is 10.7 Å². The summed E-state index contributed by atoms with van der Waals surface area (Å²) in [6, 6.07) is 10.5. The van der Waals surface area contributed by atoms with Crippen LogP contribution in [0.25, 0.3) is 0 Å². The molecule has 0 radical (unpaired) electrons.